The fourth-order valence-electron chi connectivity index (χ4n) is 7.69. The summed E-state index contributed by atoms with van der Waals surface area (Å²) in [6, 6.07) is 27.6. The molecule has 0 saturated heterocycles. The minimum atomic E-state index is -3.96. The summed E-state index contributed by atoms with van der Waals surface area (Å²) in [5.74, 6) is -1.92. The number of nitrogens with one attached hydrogen (secondary N) is 3. The number of aromatic hydroxyl groups is 1. The van der Waals surface area contributed by atoms with E-state index in [4.69, 9.17) is 36.4 Å². The smallest absolute Gasteiger partial charge is 0.317 e. The highest BCUT2D eigenvalue weighted by Gasteiger charge is 2.21. The van der Waals surface area contributed by atoms with Crippen LogP contribution in [-0.4, -0.2) is 138 Å². The molecule has 392 valence electrons. The first kappa shape index (κ1) is 56.3. The third-order valence-electron chi connectivity index (χ3n) is 11.1. The molecule has 0 spiro atoms. The minimum absolute atomic E-state index is 0.0178. The average Bonchev–Trinajstić information content (AvgIpc) is 3.32. The molecule has 0 atom stereocenters. The van der Waals surface area contributed by atoms with Crippen molar-refractivity contribution in [2.45, 2.75) is 29.1 Å². The monoisotopic (exact) mass is 1070 g/mol. The van der Waals surface area contributed by atoms with Gasteiger partial charge < -0.3 is 40.1 Å². The molecule has 9 N–H and O–H groups in total. The number of phenols is 1. The van der Waals surface area contributed by atoms with Crippen molar-refractivity contribution in [3.05, 3.63) is 125 Å². The summed E-state index contributed by atoms with van der Waals surface area (Å²) in [7, 11) is -7.91. The molecule has 1 amide bonds. The van der Waals surface area contributed by atoms with Gasteiger partial charge in [-0.15, -0.1) is 0 Å². The van der Waals surface area contributed by atoms with Crippen molar-refractivity contribution in [2.24, 2.45) is 10.3 Å². The maximum atomic E-state index is 13.3. The van der Waals surface area contributed by atoms with Crippen molar-refractivity contribution in [3.8, 4) is 28.2 Å². The molecule has 4 aromatic carbocycles. The standard InChI is InChI=1S/C50H55N7O14S3/c51-73(65,66)41-13-3-33(4-14-41)26-40(61)30-56(20-21-57(32-48(63)64)31-47(62)54-35-9-15-42(16-10-35)74(52,67)68)29-39(60)2-1-22-69-24-25-70-23-19-53-50(72)55-36-7-5-34(6-8-36)49-43-17-11-37(58)27-45(43)71-46-28-38(59)12-18-44(46)49/h3-18,27-28,58H,1-2,19-26,29-32H2,(H,54,62)(H,63,64)(H2,51,65,66)(H2,52,67,68)(H2,53,55,72). The van der Waals surface area contributed by atoms with E-state index in [9.17, 15) is 51.0 Å². The number of sulfonamides is 2. The lowest BCUT2D eigenvalue weighted by Crippen LogP contribution is -2.44. The van der Waals surface area contributed by atoms with E-state index >= 15 is 0 Å². The number of ketones is 2. The highest BCUT2D eigenvalue weighted by Crippen LogP contribution is 2.40. The number of carboxylic acid groups (broad SMARTS) is 1. The van der Waals surface area contributed by atoms with E-state index in [1.165, 1.54) is 71.6 Å². The molecule has 0 unspecified atom stereocenters. The molecule has 24 heteroatoms. The Morgan fingerprint density at radius 1 is 0.676 bits per heavy atom. The van der Waals surface area contributed by atoms with Gasteiger partial charge in [0, 0.05) is 79.1 Å². The van der Waals surface area contributed by atoms with Crippen LogP contribution in [0.4, 0.5) is 11.4 Å². The topological polar surface area (TPSA) is 320 Å². The lowest BCUT2D eigenvalue weighted by atomic mass is 9.93. The van der Waals surface area contributed by atoms with Gasteiger partial charge in [0.25, 0.3) is 0 Å². The molecule has 1 heterocycles. The average molecular weight is 1070 g/mol. The number of nitrogens with two attached hydrogens (primary N) is 2. The van der Waals surface area contributed by atoms with E-state index in [0.717, 1.165) is 27.8 Å². The number of phenolic OH excluding ortho intramolecular Hbond substituents is 1. The number of nitrogens with zero attached hydrogens (tertiary/aromatic N) is 2. The van der Waals surface area contributed by atoms with Gasteiger partial charge in [-0.3, -0.25) is 33.8 Å². The largest absolute Gasteiger partial charge is 0.508 e. The van der Waals surface area contributed by atoms with Crippen LogP contribution in [0.15, 0.2) is 128 Å². The molecule has 74 heavy (non-hydrogen) atoms. The van der Waals surface area contributed by atoms with Crippen LogP contribution < -0.4 is 31.7 Å². The Bertz CT molecular complexity index is 3210. The van der Waals surface area contributed by atoms with Crippen molar-refractivity contribution >= 4 is 83.2 Å². The first-order valence-corrected chi connectivity index (χ1v) is 26.4. The number of aliphatic carboxylic acids is 1. The summed E-state index contributed by atoms with van der Waals surface area (Å²) in [4.78, 5) is 65.8. The van der Waals surface area contributed by atoms with E-state index in [0.29, 0.717) is 41.6 Å². The molecule has 0 aromatic heterocycles. The number of hydrogen-bond acceptors (Lipinski definition) is 16. The number of ether oxygens (including phenoxy) is 2. The number of anilines is 2. The summed E-state index contributed by atoms with van der Waals surface area (Å²) >= 11 is 5.47. The number of carbonyl (C=O) groups is 4. The molecule has 2 aliphatic rings. The first-order chi connectivity index (χ1) is 35.2. The number of hydrogen-bond donors (Lipinski definition) is 7. The number of Topliss-reactive ketones (excluding diaryl/α,β-unsaturated/α-hetero) is 2. The van der Waals surface area contributed by atoms with Crippen LogP contribution in [0, 0.1) is 0 Å². The van der Waals surface area contributed by atoms with Gasteiger partial charge in [-0.25, -0.2) is 27.1 Å². The Labute approximate surface area is 431 Å². The number of benzene rings is 5. The van der Waals surface area contributed by atoms with E-state index in [1.807, 2.05) is 24.3 Å². The second-order valence-electron chi connectivity index (χ2n) is 17.0. The fourth-order valence-corrected chi connectivity index (χ4v) is 8.94. The number of rotatable bonds is 28. The first-order valence-electron chi connectivity index (χ1n) is 22.9. The van der Waals surface area contributed by atoms with Gasteiger partial charge in [-0.1, -0.05) is 24.3 Å². The zero-order valence-corrected chi connectivity index (χ0v) is 42.3. The number of amides is 1. The number of carboxylic acids is 1. The van der Waals surface area contributed by atoms with Crippen molar-refractivity contribution < 1.29 is 60.1 Å². The van der Waals surface area contributed by atoms with Gasteiger partial charge in [-0.05, 0) is 103 Å². The van der Waals surface area contributed by atoms with Gasteiger partial charge in [0.05, 0.1) is 55.8 Å². The van der Waals surface area contributed by atoms with E-state index in [2.05, 4.69) is 16.0 Å². The maximum Gasteiger partial charge on any atom is 0.317 e. The third kappa shape index (κ3) is 17.6. The highest BCUT2D eigenvalue weighted by atomic mass is 32.2. The molecule has 1 aliphatic heterocycles. The second kappa shape index (κ2) is 26.3. The lowest BCUT2D eigenvalue weighted by molar-refractivity contribution is -0.139. The fraction of sp³-hybridized carbons (Fsp3) is 0.280. The molecular weight excluding hydrogens is 1020 g/mol. The number of primary sulfonamides is 2. The van der Waals surface area contributed by atoms with E-state index < -0.39 is 38.5 Å². The van der Waals surface area contributed by atoms with Crippen molar-refractivity contribution in [1.82, 2.24) is 15.1 Å². The summed E-state index contributed by atoms with van der Waals surface area (Å²) in [6.07, 6.45) is 0.370. The maximum absolute atomic E-state index is 13.3. The number of thiocarbonyl (C=S) groups is 1. The summed E-state index contributed by atoms with van der Waals surface area (Å²) in [6.45, 7) is 0.169. The molecule has 0 fully saturated rings. The van der Waals surface area contributed by atoms with Gasteiger partial charge in [-0.2, -0.15) is 0 Å². The molecule has 6 rings (SSSR count). The molecule has 1 aliphatic carbocycles. The van der Waals surface area contributed by atoms with E-state index in [1.54, 1.807) is 23.1 Å². The molecule has 0 bridgehead atoms. The third-order valence-corrected chi connectivity index (χ3v) is 13.2. The van der Waals surface area contributed by atoms with Crippen LogP contribution in [0.1, 0.15) is 18.4 Å². The predicted octanol–water partition coefficient (Wildman–Crippen LogP) is 3.37. The summed E-state index contributed by atoms with van der Waals surface area (Å²) in [5, 5.41) is 39.9. The molecule has 0 radical (unpaired) electrons. The van der Waals surface area contributed by atoms with Gasteiger partial charge in [0.2, 0.25) is 26.0 Å². The second-order valence-corrected chi connectivity index (χ2v) is 20.5. The Morgan fingerprint density at radius 2 is 1.27 bits per heavy atom. The predicted molar refractivity (Wildman–Crippen MR) is 280 cm³/mol. The summed E-state index contributed by atoms with van der Waals surface area (Å²) in [5.41, 5.74) is 4.19. The lowest BCUT2D eigenvalue weighted by Gasteiger charge is -2.26. The Balaban J connectivity index is 0.916. The van der Waals surface area contributed by atoms with Crippen LogP contribution >= 0.6 is 12.2 Å². The normalized spacial score (nSPS) is 11.8. The van der Waals surface area contributed by atoms with Gasteiger partial charge in [0.15, 0.2) is 16.3 Å². The summed E-state index contributed by atoms with van der Waals surface area (Å²) < 4.78 is 63.8. The minimum Gasteiger partial charge on any atom is -0.508 e. The van der Waals surface area contributed by atoms with Crippen molar-refractivity contribution in [3.63, 3.8) is 0 Å². The zero-order chi connectivity index (χ0) is 53.4. The van der Waals surface area contributed by atoms with E-state index in [-0.39, 0.29) is 104 Å². The molecule has 4 aromatic rings. The Hall–Kier alpha value is -7.00. The quantitative estimate of drug-likeness (QED) is 0.0210. The Morgan fingerprint density at radius 3 is 1.92 bits per heavy atom. The van der Waals surface area contributed by atoms with Gasteiger partial charge >= 0.3 is 5.97 Å². The van der Waals surface area contributed by atoms with Crippen LogP contribution in [0.2, 0.25) is 0 Å². The van der Waals surface area contributed by atoms with Crippen LogP contribution in [0.25, 0.3) is 33.4 Å². The highest BCUT2D eigenvalue weighted by molar-refractivity contribution is 7.89. The molecule has 21 nitrogen and oxygen atoms in total. The van der Waals surface area contributed by atoms with Crippen LogP contribution in [-0.2, 0) is 55.1 Å². The van der Waals surface area contributed by atoms with Crippen molar-refractivity contribution in [2.75, 3.05) is 82.9 Å². The van der Waals surface area contributed by atoms with Gasteiger partial charge in [0.1, 0.15) is 22.9 Å². The Kier molecular flexibility index (Phi) is 20.0. The molecule has 0 saturated carbocycles. The van der Waals surface area contributed by atoms with Crippen LogP contribution in [0.5, 0.6) is 5.75 Å². The van der Waals surface area contributed by atoms with Crippen molar-refractivity contribution in [1.29, 1.82) is 0 Å². The van der Waals surface area contributed by atoms with Crippen LogP contribution in [0.3, 0.4) is 0 Å². The number of fused-ring (bicyclic) bond motifs is 2. The number of carbonyl (C=O) groups excluding carboxylic acids is 3. The molecular formula is C50H55N7O14S3. The SMILES string of the molecule is NS(=O)(=O)c1ccc(CC(=O)CN(CCN(CC(=O)O)CC(=O)Nc2ccc(S(N)(=O)=O)cc2)CC(=O)CCCOCCOCCNC(=S)Nc2ccc(-c3c4ccc(=O)cc-4oc4cc(O)ccc34)cc2)cc1. The zero-order valence-electron chi connectivity index (χ0n) is 39.9.